The molecule has 6 heteroatoms. The Labute approximate surface area is 149 Å². The Morgan fingerprint density at radius 3 is 2.68 bits per heavy atom. The van der Waals surface area contributed by atoms with E-state index in [1.807, 2.05) is 6.07 Å². The Balaban J connectivity index is 1.56. The molecule has 5 nitrogen and oxygen atoms in total. The highest BCUT2D eigenvalue weighted by Crippen LogP contribution is 2.30. The summed E-state index contributed by atoms with van der Waals surface area (Å²) < 4.78 is 18.9. The van der Waals surface area contributed by atoms with Gasteiger partial charge >= 0.3 is 0 Å². The predicted octanol–water partition coefficient (Wildman–Crippen LogP) is 2.14. The van der Waals surface area contributed by atoms with Crippen LogP contribution in [-0.4, -0.2) is 56.3 Å². The molecule has 0 radical (unpaired) electrons. The SMILES string of the molecule is CN=C(NCc1cccc(F)c1)NCC1(N2CCCC2)CCOCC1. The van der Waals surface area contributed by atoms with Crippen molar-refractivity contribution in [2.24, 2.45) is 4.99 Å². The molecule has 0 spiro atoms. The van der Waals surface area contributed by atoms with E-state index in [4.69, 9.17) is 4.74 Å². The molecule has 0 aromatic heterocycles. The van der Waals surface area contributed by atoms with E-state index in [0.717, 1.165) is 44.1 Å². The standard InChI is InChI=1S/C19H29FN4O/c1-21-18(22-14-16-5-4-6-17(20)13-16)23-15-19(7-11-25-12-8-19)24-9-2-3-10-24/h4-6,13H,2-3,7-12,14-15H2,1H3,(H2,21,22,23). The van der Waals surface area contributed by atoms with Crippen LogP contribution in [0.5, 0.6) is 0 Å². The van der Waals surface area contributed by atoms with Crippen molar-refractivity contribution in [3.63, 3.8) is 0 Å². The maximum Gasteiger partial charge on any atom is 0.191 e. The summed E-state index contributed by atoms with van der Waals surface area (Å²) in [6, 6.07) is 6.65. The number of halogens is 1. The van der Waals surface area contributed by atoms with Gasteiger partial charge in [-0.1, -0.05) is 12.1 Å². The number of hydrogen-bond donors (Lipinski definition) is 2. The summed E-state index contributed by atoms with van der Waals surface area (Å²) in [6.07, 6.45) is 4.69. The van der Waals surface area contributed by atoms with Gasteiger partial charge in [0.15, 0.2) is 5.96 Å². The molecule has 2 N–H and O–H groups in total. The quantitative estimate of drug-likeness (QED) is 0.632. The van der Waals surface area contributed by atoms with Crippen molar-refractivity contribution in [2.75, 3.05) is 39.9 Å². The summed E-state index contributed by atoms with van der Waals surface area (Å²) in [4.78, 5) is 6.95. The number of hydrogen-bond acceptors (Lipinski definition) is 3. The van der Waals surface area contributed by atoms with Crippen molar-refractivity contribution in [2.45, 2.75) is 37.8 Å². The lowest BCUT2D eigenvalue weighted by Crippen LogP contribution is -2.58. The van der Waals surface area contributed by atoms with Gasteiger partial charge in [0.2, 0.25) is 0 Å². The van der Waals surface area contributed by atoms with Crippen molar-refractivity contribution in [1.82, 2.24) is 15.5 Å². The van der Waals surface area contributed by atoms with Crippen LogP contribution >= 0.6 is 0 Å². The minimum atomic E-state index is -0.211. The zero-order chi connectivity index (χ0) is 17.5. The molecule has 0 saturated carbocycles. The van der Waals surface area contributed by atoms with Crippen LogP contribution < -0.4 is 10.6 Å². The van der Waals surface area contributed by atoms with E-state index >= 15 is 0 Å². The van der Waals surface area contributed by atoms with Gasteiger partial charge in [0.1, 0.15) is 5.82 Å². The molecule has 0 aliphatic carbocycles. The third-order valence-corrected chi connectivity index (χ3v) is 5.36. The first-order valence-electron chi connectivity index (χ1n) is 9.24. The first-order chi connectivity index (χ1) is 12.2. The number of nitrogens with one attached hydrogen (secondary N) is 2. The van der Waals surface area contributed by atoms with E-state index < -0.39 is 0 Å². The maximum absolute atomic E-state index is 13.3. The molecule has 25 heavy (non-hydrogen) atoms. The number of guanidine groups is 1. The minimum Gasteiger partial charge on any atom is -0.381 e. The third-order valence-electron chi connectivity index (χ3n) is 5.36. The lowest BCUT2D eigenvalue weighted by atomic mass is 9.88. The molecule has 2 fully saturated rings. The van der Waals surface area contributed by atoms with Gasteiger partial charge in [-0.25, -0.2) is 4.39 Å². The lowest BCUT2D eigenvalue weighted by molar-refractivity contribution is -0.0164. The third kappa shape index (κ3) is 4.70. The topological polar surface area (TPSA) is 48.9 Å². The van der Waals surface area contributed by atoms with E-state index in [-0.39, 0.29) is 11.4 Å². The van der Waals surface area contributed by atoms with Gasteiger partial charge in [-0.05, 0) is 56.5 Å². The largest absolute Gasteiger partial charge is 0.381 e. The highest BCUT2D eigenvalue weighted by Gasteiger charge is 2.39. The molecule has 0 unspecified atom stereocenters. The van der Waals surface area contributed by atoms with E-state index in [0.29, 0.717) is 6.54 Å². The first-order valence-corrected chi connectivity index (χ1v) is 9.24. The molecule has 2 aliphatic heterocycles. The highest BCUT2D eigenvalue weighted by atomic mass is 19.1. The van der Waals surface area contributed by atoms with Crippen molar-refractivity contribution >= 4 is 5.96 Å². The number of likely N-dealkylation sites (tertiary alicyclic amines) is 1. The highest BCUT2D eigenvalue weighted by molar-refractivity contribution is 5.79. The van der Waals surface area contributed by atoms with Gasteiger partial charge in [-0.2, -0.15) is 0 Å². The Morgan fingerprint density at radius 1 is 1.24 bits per heavy atom. The molecule has 2 aliphatic rings. The summed E-state index contributed by atoms with van der Waals surface area (Å²) in [5, 5.41) is 6.77. The lowest BCUT2D eigenvalue weighted by Gasteiger charge is -2.45. The van der Waals surface area contributed by atoms with Crippen LogP contribution in [0.1, 0.15) is 31.2 Å². The average Bonchev–Trinajstić information content (AvgIpc) is 3.18. The van der Waals surface area contributed by atoms with Gasteiger partial charge < -0.3 is 15.4 Å². The van der Waals surface area contributed by atoms with Crippen LogP contribution in [0.2, 0.25) is 0 Å². The van der Waals surface area contributed by atoms with Gasteiger partial charge in [0.05, 0.1) is 0 Å². The molecule has 1 aromatic rings. The first kappa shape index (κ1) is 18.1. The van der Waals surface area contributed by atoms with E-state index in [1.54, 1.807) is 19.2 Å². The van der Waals surface area contributed by atoms with Crippen LogP contribution in [0.3, 0.4) is 0 Å². The monoisotopic (exact) mass is 348 g/mol. The number of rotatable bonds is 5. The van der Waals surface area contributed by atoms with Crippen LogP contribution in [0.4, 0.5) is 4.39 Å². The molecule has 138 valence electrons. The molecule has 2 heterocycles. The van der Waals surface area contributed by atoms with E-state index in [2.05, 4.69) is 20.5 Å². The van der Waals surface area contributed by atoms with Gasteiger partial charge in [-0.3, -0.25) is 9.89 Å². The van der Waals surface area contributed by atoms with Gasteiger partial charge in [-0.15, -0.1) is 0 Å². The smallest absolute Gasteiger partial charge is 0.191 e. The summed E-state index contributed by atoms with van der Waals surface area (Å²) in [7, 11) is 1.77. The molecule has 2 saturated heterocycles. The summed E-state index contributed by atoms with van der Waals surface area (Å²) in [6.45, 7) is 5.42. The molecule has 1 aromatic carbocycles. The number of benzene rings is 1. The fourth-order valence-corrected chi connectivity index (χ4v) is 3.85. The Hall–Kier alpha value is -1.66. The van der Waals surface area contributed by atoms with Crippen molar-refractivity contribution in [3.8, 4) is 0 Å². The normalized spacial score (nSPS) is 21.3. The van der Waals surface area contributed by atoms with E-state index in [9.17, 15) is 4.39 Å². The number of aliphatic imine (C=N–C) groups is 1. The van der Waals surface area contributed by atoms with Crippen LogP contribution in [0.15, 0.2) is 29.3 Å². The fourth-order valence-electron chi connectivity index (χ4n) is 3.85. The van der Waals surface area contributed by atoms with Crippen LogP contribution in [0.25, 0.3) is 0 Å². The van der Waals surface area contributed by atoms with Crippen molar-refractivity contribution in [3.05, 3.63) is 35.6 Å². The summed E-state index contributed by atoms with van der Waals surface area (Å²) in [5.41, 5.74) is 1.06. The number of nitrogens with zero attached hydrogens (tertiary/aromatic N) is 2. The summed E-state index contributed by atoms with van der Waals surface area (Å²) >= 11 is 0. The van der Waals surface area contributed by atoms with Crippen LogP contribution in [-0.2, 0) is 11.3 Å². The molecular formula is C19H29FN4O. The summed E-state index contributed by atoms with van der Waals surface area (Å²) in [5.74, 6) is 0.548. The second kappa shape index (κ2) is 8.63. The molecule has 0 bridgehead atoms. The maximum atomic E-state index is 13.3. The zero-order valence-corrected chi connectivity index (χ0v) is 15.1. The fraction of sp³-hybridized carbons (Fsp3) is 0.632. The Kier molecular flexibility index (Phi) is 6.26. The minimum absolute atomic E-state index is 0.158. The second-order valence-corrected chi connectivity index (χ2v) is 6.94. The molecule has 3 rings (SSSR count). The molecular weight excluding hydrogens is 319 g/mol. The predicted molar refractivity (Wildman–Crippen MR) is 98.2 cm³/mol. The second-order valence-electron chi connectivity index (χ2n) is 6.94. The van der Waals surface area contributed by atoms with Crippen molar-refractivity contribution in [1.29, 1.82) is 0 Å². The number of ether oxygens (including phenoxy) is 1. The van der Waals surface area contributed by atoms with Crippen molar-refractivity contribution < 1.29 is 9.13 Å². The molecule has 0 atom stereocenters. The average molecular weight is 348 g/mol. The van der Waals surface area contributed by atoms with E-state index in [1.165, 1.54) is 32.0 Å². The van der Waals surface area contributed by atoms with Gasteiger partial charge in [0.25, 0.3) is 0 Å². The van der Waals surface area contributed by atoms with Gasteiger partial charge in [0, 0.05) is 38.9 Å². The molecule has 0 amide bonds. The zero-order valence-electron chi connectivity index (χ0n) is 15.1. The van der Waals surface area contributed by atoms with Crippen LogP contribution in [0, 0.1) is 5.82 Å². The Bertz CT molecular complexity index is 581. The Morgan fingerprint density at radius 2 is 2.00 bits per heavy atom.